The average molecular weight is 185 g/mol. The summed E-state index contributed by atoms with van der Waals surface area (Å²) in [5.41, 5.74) is -0.222. The van der Waals surface area contributed by atoms with Crippen molar-refractivity contribution in [1.82, 2.24) is 5.16 Å². The molecule has 0 bridgehead atoms. The van der Waals surface area contributed by atoms with Crippen molar-refractivity contribution >= 4 is 11.9 Å². The first-order valence-corrected chi connectivity index (χ1v) is 3.53. The number of rotatable bonds is 3. The Morgan fingerprint density at radius 1 is 1.38 bits per heavy atom. The van der Waals surface area contributed by atoms with E-state index < -0.39 is 17.7 Å². The predicted octanol–water partition coefficient (Wildman–Crippen LogP) is 0.633. The highest BCUT2D eigenvalue weighted by Crippen LogP contribution is 2.14. The van der Waals surface area contributed by atoms with Gasteiger partial charge in [-0.25, -0.2) is 9.59 Å². The van der Waals surface area contributed by atoms with Crippen molar-refractivity contribution in [3.8, 4) is 0 Å². The van der Waals surface area contributed by atoms with E-state index in [0.29, 0.717) is 6.42 Å². The first-order valence-electron chi connectivity index (χ1n) is 3.53. The monoisotopic (exact) mass is 185 g/mol. The predicted molar refractivity (Wildman–Crippen MR) is 39.8 cm³/mol. The molecule has 1 heterocycles. The number of nitrogens with zero attached hydrogens (tertiary/aromatic N) is 1. The Morgan fingerprint density at radius 2 is 2.00 bits per heavy atom. The number of carboxylic acid groups (broad SMARTS) is 2. The molecule has 13 heavy (non-hydrogen) atoms. The molecule has 0 aliphatic carbocycles. The summed E-state index contributed by atoms with van der Waals surface area (Å²) < 4.78 is 4.38. The first kappa shape index (κ1) is 9.24. The van der Waals surface area contributed by atoms with Crippen molar-refractivity contribution in [3.63, 3.8) is 0 Å². The number of aromatic carboxylic acids is 2. The summed E-state index contributed by atoms with van der Waals surface area (Å²) in [6.07, 6.45) is 0.318. The van der Waals surface area contributed by atoms with Gasteiger partial charge in [0.15, 0.2) is 0 Å². The summed E-state index contributed by atoms with van der Waals surface area (Å²) in [5.74, 6) is -3.38. The van der Waals surface area contributed by atoms with Crippen molar-refractivity contribution in [3.05, 3.63) is 17.0 Å². The molecule has 1 aromatic rings. The van der Waals surface area contributed by atoms with E-state index in [-0.39, 0.29) is 11.3 Å². The number of carbonyl (C=O) groups is 2. The molecule has 1 aromatic heterocycles. The van der Waals surface area contributed by atoms with E-state index in [0.717, 1.165) is 0 Å². The molecule has 70 valence electrons. The highest BCUT2D eigenvalue weighted by molar-refractivity contribution is 6.00. The number of carboxylic acids is 2. The molecule has 0 saturated heterocycles. The molecule has 0 amide bonds. The van der Waals surface area contributed by atoms with E-state index in [1.165, 1.54) is 0 Å². The van der Waals surface area contributed by atoms with Gasteiger partial charge in [-0.1, -0.05) is 12.1 Å². The molecule has 0 unspecified atom stereocenters. The highest BCUT2D eigenvalue weighted by Gasteiger charge is 2.25. The van der Waals surface area contributed by atoms with Gasteiger partial charge in [-0.05, 0) is 6.42 Å². The normalized spacial score (nSPS) is 9.92. The summed E-state index contributed by atoms with van der Waals surface area (Å²) >= 11 is 0. The fourth-order valence-electron chi connectivity index (χ4n) is 0.931. The number of hydrogen-bond acceptors (Lipinski definition) is 4. The molecule has 0 radical (unpaired) electrons. The van der Waals surface area contributed by atoms with Crippen LogP contribution < -0.4 is 0 Å². The quantitative estimate of drug-likeness (QED) is 0.716. The van der Waals surface area contributed by atoms with E-state index in [4.69, 9.17) is 10.2 Å². The van der Waals surface area contributed by atoms with Crippen LogP contribution in [0.25, 0.3) is 0 Å². The molecule has 0 spiro atoms. The minimum absolute atomic E-state index is 0.143. The molecule has 0 saturated carbocycles. The van der Waals surface area contributed by atoms with Crippen LogP contribution in [0, 0.1) is 0 Å². The third-order valence-corrected chi connectivity index (χ3v) is 1.51. The largest absolute Gasteiger partial charge is 0.477 e. The third-order valence-electron chi connectivity index (χ3n) is 1.51. The van der Waals surface area contributed by atoms with Crippen LogP contribution in [0.5, 0.6) is 0 Å². The average Bonchev–Trinajstić information content (AvgIpc) is 2.46. The molecule has 0 aliphatic heterocycles. The van der Waals surface area contributed by atoms with Gasteiger partial charge in [-0.2, -0.15) is 0 Å². The van der Waals surface area contributed by atoms with E-state index >= 15 is 0 Å². The SMILES string of the molecule is CCc1noc(C(=O)O)c1C(=O)O. The molecule has 0 atom stereocenters. The lowest BCUT2D eigenvalue weighted by molar-refractivity contribution is 0.0618. The smallest absolute Gasteiger partial charge is 0.375 e. The van der Waals surface area contributed by atoms with Crippen molar-refractivity contribution in [2.45, 2.75) is 13.3 Å². The molecule has 6 nitrogen and oxygen atoms in total. The van der Waals surface area contributed by atoms with Crippen molar-refractivity contribution < 1.29 is 24.3 Å². The van der Waals surface area contributed by atoms with Crippen LogP contribution in [0.1, 0.15) is 33.5 Å². The fourth-order valence-corrected chi connectivity index (χ4v) is 0.931. The standard InChI is InChI=1S/C7H7NO5/c1-2-3-4(6(9)10)5(7(11)12)13-8-3/h2H2,1H3,(H,9,10)(H,11,12). The second kappa shape index (κ2) is 3.26. The van der Waals surface area contributed by atoms with Crippen LogP contribution in [0.3, 0.4) is 0 Å². The summed E-state index contributed by atoms with van der Waals surface area (Å²) in [6, 6.07) is 0. The maximum atomic E-state index is 10.6. The van der Waals surface area contributed by atoms with Gasteiger partial charge in [0.25, 0.3) is 5.76 Å². The molecule has 0 aromatic carbocycles. The molecule has 1 rings (SSSR count). The molecule has 2 N–H and O–H groups in total. The number of aryl methyl sites for hydroxylation is 1. The number of aromatic nitrogens is 1. The van der Waals surface area contributed by atoms with Crippen molar-refractivity contribution in [2.75, 3.05) is 0 Å². The lowest BCUT2D eigenvalue weighted by atomic mass is 10.1. The Hall–Kier alpha value is -1.85. The summed E-state index contributed by atoms with van der Waals surface area (Å²) in [6.45, 7) is 1.66. The summed E-state index contributed by atoms with van der Waals surface area (Å²) in [5, 5.41) is 20.5. The number of hydrogen-bond donors (Lipinski definition) is 2. The van der Waals surface area contributed by atoms with Crippen LogP contribution in [0.4, 0.5) is 0 Å². The van der Waals surface area contributed by atoms with E-state index in [9.17, 15) is 9.59 Å². The molecule has 0 fully saturated rings. The molecule has 6 heteroatoms. The third kappa shape index (κ3) is 1.51. The van der Waals surface area contributed by atoms with Gasteiger partial charge in [0, 0.05) is 0 Å². The van der Waals surface area contributed by atoms with E-state index in [1.54, 1.807) is 6.92 Å². The molecule has 0 aliphatic rings. The Morgan fingerprint density at radius 3 is 2.38 bits per heavy atom. The van der Waals surface area contributed by atoms with Crippen LogP contribution >= 0.6 is 0 Å². The van der Waals surface area contributed by atoms with Gasteiger partial charge < -0.3 is 14.7 Å². The summed E-state index contributed by atoms with van der Waals surface area (Å²) in [7, 11) is 0. The highest BCUT2D eigenvalue weighted by atomic mass is 16.5. The second-order valence-electron chi connectivity index (χ2n) is 2.30. The lowest BCUT2D eigenvalue weighted by Gasteiger charge is -1.91. The Kier molecular flexibility index (Phi) is 2.32. The molecular weight excluding hydrogens is 178 g/mol. The van der Waals surface area contributed by atoms with Crippen LogP contribution in [0.15, 0.2) is 4.52 Å². The topological polar surface area (TPSA) is 101 Å². The van der Waals surface area contributed by atoms with Gasteiger partial charge in [0.2, 0.25) is 0 Å². The van der Waals surface area contributed by atoms with Crippen molar-refractivity contribution in [1.29, 1.82) is 0 Å². The van der Waals surface area contributed by atoms with Gasteiger partial charge in [-0.3, -0.25) is 0 Å². The minimum Gasteiger partial charge on any atom is -0.477 e. The Bertz CT molecular complexity index is 354. The van der Waals surface area contributed by atoms with Gasteiger partial charge >= 0.3 is 11.9 Å². The minimum atomic E-state index is -1.43. The zero-order chi connectivity index (χ0) is 10.0. The maximum Gasteiger partial charge on any atom is 0.375 e. The van der Waals surface area contributed by atoms with Crippen LogP contribution in [0.2, 0.25) is 0 Å². The van der Waals surface area contributed by atoms with Crippen molar-refractivity contribution in [2.24, 2.45) is 0 Å². The lowest BCUT2D eigenvalue weighted by Crippen LogP contribution is -2.06. The molecular formula is C7H7NO5. The Balaban J connectivity index is 3.30. The first-order chi connectivity index (χ1) is 6.07. The second-order valence-corrected chi connectivity index (χ2v) is 2.30. The van der Waals surface area contributed by atoms with Gasteiger partial charge in [-0.15, -0.1) is 0 Å². The zero-order valence-corrected chi connectivity index (χ0v) is 6.77. The van der Waals surface area contributed by atoms with Gasteiger partial charge in [0.1, 0.15) is 5.56 Å². The maximum absolute atomic E-state index is 10.6. The van der Waals surface area contributed by atoms with Crippen LogP contribution in [-0.2, 0) is 6.42 Å². The van der Waals surface area contributed by atoms with Crippen LogP contribution in [-0.4, -0.2) is 27.3 Å². The van der Waals surface area contributed by atoms with Gasteiger partial charge in [0.05, 0.1) is 5.69 Å². The Labute approximate surface area is 72.8 Å². The summed E-state index contributed by atoms with van der Waals surface area (Å²) in [4.78, 5) is 21.1. The fraction of sp³-hybridized carbons (Fsp3) is 0.286. The zero-order valence-electron chi connectivity index (χ0n) is 6.77. The van der Waals surface area contributed by atoms with E-state index in [2.05, 4.69) is 9.68 Å². The van der Waals surface area contributed by atoms with E-state index in [1.807, 2.05) is 0 Å².